The van der Waals surface area contributed by atoms with E-state index in [9.17, 15) is 0 Å². The van der Waals surface area contributed by atoms with Gasteiger partial charge < -0.3 is 15.2 Å². The van der Waals surface area contributed by atoms with Crippen LogP contribution in [0.2, 0.25) is 0 Å². The summed E-state index contributed by atoms with van der Waals surface area (Å²) in [6.45, 7) is 1.08. The molecule has 0 heterocycles. The van der Waals surface area contributed by atoms with Crippen LogP contribution in [-0.4, -0.2) is 16.6 Å². The Bertz CT molecular complexity index is 39.5. The molecule has 0 aromatic rings. The van der Waals surface area contributed by atoms with Crippen molar-refractivity contribution in [1.29, 1.82) is 0 Å². The fraction of sp³-hybridized carbons (Fsp3) is 0.500. The predicted octanol–water partition coefficient (Wildman–Crippen LogP) is -6.58. The SMILES string of the molecule is CC(=O)O.[Na+].[Na+].[O-]Cl.[OH-]. The van der Waals surface area contributed by atoms with Gasteiger partial charge in [0.15, 0.2) is 0 Å². The summed E-state index contributed by atoms with van der Waals surface area (Å²) in [5.41, 5.74) is 0. The molecule has 0 amide bonds. The molecule has 0 rings (SSSR count). The smallest absolute Gasteiger partial charge is 0.870 e. The normalized spacial score (nSPS) is 3.44. The second kappa shape index (κ2) is 33.3. The van der Waals surface area contributed by atoms with Gasteiger partial charge in [-0.1, -0.05) is 0 Å². The average molecular weight is 174 g/mol. The zero-order valence-corrected chi connectivity index (χ0v) is 10.3. The van der Waals surface area contributed by atoms with Crippen molar-refractivity contribution in [3.63, 3.8) is 0 Å². The van der Waals surface area contributed by atoms with E-state index in [0.29, 0.717) is 0 Å². The van der Waals surface area contributed by atoms with E-state index in [1.807, 2.05) is 0 Å². The van der Waals surface area contributed by atoms with E-state index < -0.39 is 5.97 Å². The van der Waals surface area contributed by atoms with E-state index in [2.05, 4.69) is 11.9 Å². The maximum atomic E-state index is 9.00. The number of carbonyl (C=O) groups is 1. The molecule has 7 heteroatoms. The van der Waals surface area contributed by atoms with E-state index in [1.165, 1.54) is 0 Å². The summed E-state index contributed by atoms with van der Waals surface area (Å²) in [7, 11) is 0. The van der Waals surface area contributed by atoms with Gasteiger partial charge in [-0.25, -0.2) is 11.9 Å². The molecular weight excluding hydrogens is 169 g/mol. The van der Waals surface area contributed by atoms with Crippen molar-refractivity contribution < 1.29 is 79.2 Å². The van der Waals surface area contributed by atoms with Crippen LogP contribution >= 0.6 is 11.9 Å². The minimum Gasteiger partial charge on any atom is -0.870 e. The first-order valence-electron chi connectivity index (χ1n) is 1.08. The minimum absolute atomic E-state index is 0. The van der Waals surface area contributed by atoms with Crippen molar-refractivity contribution in [2.75, 3.05) is 0 Å². The van der Waals surface area contributed by atoms with Crippen molar-refractivity contribution >= 4 is 17.8 Å². The molecule has 0 aliphatic carbocycles. The molecule has 2 N–H and O–H groups in total. The van der Waals surface area contributed by atoms with Gasteiger partial charge in [0.2, 0.25) is 0 Å². The van der Waals surface area contributed by atoms with Gasteiger partial charge in [-0.3, -0.25) is 4.79 Å². The number of carboxylic acids is 1. The maximum absolute atomic E-state index is 9.00. The molecule has 0 aliphatic rings. The zero-order valence-electron chi connectivity index (χ0n) is 5.59. The maximum Gasteiger partial charge on any atom is 1.00 e. The van der Waals surface area contributed by atoms with Gasteiger partial charge in [-0.15, -0.1) is 0 Å². The van der Waals surface area contributed by atoms with E-state index in [1.54, 1.807) is 0 Å². The Morgan fingerprint density at radius 2 is 1.44 bits per heavy atom. The van der Waals surface area contributed by atoms with Crippen LogP contribution in [0, 0.1) is 0 Å². The van der Waals surface area contributed by atoms with Crippen molar-refractivity contribution in [2.45, 2.75) is 6.92 Å². The van der Waals surface area contributed by atoms with Gasteiger partial charge in [0.1, 0.15) is 0 Å². The molecule has 0 fully saturated rings. The van der Waals surface area contributed by atoms with Gasteiger partial charge in [0.25, 0.3) is 5.97 Å². The third-order valence-electron chi connectivity index (χ3n) is 0. The Morgan fingerprint density at radius 3 is 1.44 bits per heavy atom. The third kappa shape index (κ3) is 202. The molecule has 0 aromatic carbocycles. The van der Waals surface area contributed by atoms with Crippen LogP contribution in [0.1, 0.15) is 6.92 Å². The Balaban J connectivity index is -0.00000000990. The predicted molar refractivity (Wildman–Crippen MR) is 21.1 cm³/mol. The molecule has 0 aliphatic heterocycles. The molecule has 0 atom stereocenters. The number of carboxylic acid groups (broad SMARTS) is 1. The number of hydrogen-bond donors (Lipinski definition) is 1. The number of hydrogen-bond acceptors (Lipinski definition) is 3. The number of halogens is 1. The Morgan fingerprint density at radius 1 is 1.44 bits per heavy atom. The summed E-state index contributed by atoms with van der Waals surface area (Å²) in [6.07, 6.45) is 0. The molecular formula is C2H5ClNa2O4. The molecule has 0 bridgehead atoms. The van der Waals surface area contributed by atoms with Crippen LogP contribution in [0.4, 0.5) is 0 Å². The fourth-order valence-electron chi connectivity index (χ4n) is 0. The van der Waals surface area contributed by atoms with E-state index in [-0.39, 0.29) is 64.6 Å². The Kier molecular flexibility index (Phi) is 115. The van der Waals surface area contributed by atoms with Crippen LogP contribution in [0.15, 0.2) is 0 Å². The van der Waals surface area contributed by atoms with Crippen LogP contribution in [0.3, 0.4) is 0 Å². The third-order valence-corrected chi connectivity index (χ3v) is 0. The number of aliphatic carboxylic acids is 1. The van der Waals surface area contributed by atoms with Crippen LogP contribution in [0.25, 0.3) is 0 Å². The quantitative estimate of drug-likeness (QED) is 0.370. The zero-order chi connectivity index (χ0) is 5.58. The van der Waals surface area contributed by atoms with Gasteiger partial charge in [0.05, 0.1) is 0 Å². The summed E-state index contributed by atoms with van der Waals surface area (Å²) >= 11 is 3.39. The average Bonchev–Trinajstić information content (AvgIpc) is 1.41. The molecule has 0 radical (unpaired) electrons. The minimum atomic E-state index is -0.833. The Hall–Kier alpha value is 1.68. The van der Waals surface area contributed by atoms with Gasteiger partial charge in [0, 0.05) is 6.92 Å². The first kappa shape index (κ1) is 31.0. The van der Waals surface area contributed by atoms with Crippen LogP contribution in [0.5, 0.6) is 0 Å². The largest absolute Gasteiger partial charge is 1.00 e. The van der Waals surface area contributed by atoms with E-state index in [4.69, 9.17) is 14.6 Å². The Labute approximate surface area is 103 Å². The molecule has 9 heavy (non-hydrogen) atoms. The van der Waals surface area contributed by atoms with Crippen molar-refractivity contribution in [1.82, 2.24) is 0 Å². The monoisotopic (exact) mass is 174 g/mol. The van der Waals surface area contributed by atoms with E-state index in [0.717, 1.165) is 6.92 Å². The van der Waals surface area contributed by atoms with Crippen molar-refractivity contribution in [3.05, 3.63) is 0 Å². The number of rotatable bonds is 0. The summed E-state index contributed by atoms with van der Waals surface area (Å²) < 4.78 is 7.72. The van der Waals surface area contributed by atoms with E-state index >= 15 is 0 Å². The van der Waals surface area contributed by atoms with Crippen molar-refractivity contribution in [2.24, 2.45) is 0 Å². The molecule has 0 saturated heterocycles. The molecule has 0 unspecified atom stereocenters. The topological polar surface area (TPSA) is 90.4 Å². The van der Waals surface area contributed by atoms with Crippen LogP contribution < -0.4 is 63.8 Å². The standard InChI is InChI=1S/C2H4O2.ClO.2Na.H2O/c1-2(3)4;1-2;;;/h1H3,(H,3,4);;;;1H2/q;-1;2*+1;/p-1. The second-order valence-electron chi connectivity index (χ2n) is 0.519. The van der Waals surface area contributed by atoms with Gasteiger partial charge in [-0.2, -0.15) is 0 Å². The second-order valence-corrected chi connectivity index (χ2v) is 0.519. The molecule has 0 aromatic heterocycles. The first-order valence-corrected chi connectivity index (χ1v) is 1.39. The summed E-state index contributed by atoms with van der Waals surface area (Å²) in [6, 6.07) is 0. The fourth-order valence-corrected chi connectivity index (χ4v) is 0. The molecule has 4 nitrogen and oxygen atoms in total. The first-order chi connectivity index (χ1) is 2.73. The molecule has 46 valence electrons. The summed E-state index contributed by atoms with van der Waals surface area (Å²) in [5, 5.41) is 7.42. The van der Waals surface area contributed by atoms with Crippen LogP contribution in [-0.2, 0) is 4.79 Å². The van der Waals surface area contributed by atoms with Gasteiger partial charge in [-0.05, 0) is 0 Å². The molecule has 0 spiro atoms. The van der Waals surface area contributed by atoms with Crippen molar-refractivity contribution in [3.8, 4) is 0 Å². The summed E-state index contributed by atoms with van der Waals surface area (Å²) in [4.78, 5) is 9.00. The molecule has 0 saturated carbocycles. The van der Waals surface area contributed by atoms with Gasteiger partial charge >= 0.3 is 59.1 Å². The summed E-state index contributed by atoms with van der Waals surface area (Å²) in [5.74, 6) is -0.833.